The van der Waals surface area contributed by atoms with E-state index in [1.54, 1.807) is 4.90 Å². The van der Waals surface area contributed by atoms with Gasteiger partial charge < -0.3 is 15.0 Å². The van der Waals surface area contributed by atoms with Crippen LogP contribution in [0, 0.1) is 11.8 Å². The first kappa shape index (κ1) is 15.8. The lowest BCUT2D eigenvalue weighted by Gasteiger charge is -2.31. The number of nitrogens with zero attached hydrogens (tertiary/aromatic N) is 1. The van der Waals surface area contributed by atoms with Crippen molar-refractivity contribution in [1.29, 1.82) is 0 Å². The Morgan fingerprint density at radius 1 is 1.26 bits per heavy atom. The number of methoxy groups -OCH3 is 1. The molecule has 1 heterocycles. The van der Waals surface area contributed by atoms with Crippen LogP contribution in [0.4, 0.5) is 4.79 Å². The van der Waals surface area contributed by atoms with E-state index in [0.29, 0.717) is 5.92 Å². The molecule has 0 spiro atoms. The van der Waals surface area contributed by atoms with Gasteiger partial charge in [-0.2, -0.15) is 0 Å². The van der Waals surface area contributed by atoms with Gasteiger partial charge in [-0.1, -0.05) is 13.8 Å². The Labute approximate surface area is 115 Å². The molecule has 0 unspecified atom stereocenters. The highest BCUT2D eigenvalue weighted by atomic mass is 16.5. The molecule has 1 rings (SSSR count). The fraction of sp³-hybridized carbons (Fsp3) is 0.857. The Morgan fingerprint density at radius 2 is 1.84 bits per heavy atom. The van der Waals surface area contributed by atoms with E-state index < -0.39 is 0 Å². The van der Waals surface area contributed by atoms with Gasteiger partial charge in [-0.25, -0.2) is 4.79 Å². The van der Waals surface area contributed by atoms with Gasteiger partial charge in [-0.3, -0.25) is 4.79 Å². The molecule has 110 valence electrons. The van der Waals surface area contributed by atoms with Crippen LogP contribution in [0.25, 0.3) is 0 Å². The molecule has 0 radical (unpaired) electrons. The summed E-state index contributed by atoms with van der Waals surface area (Å²) in [5.74, 6) is 0.773. The number of likely N-dealkylation sites (tertiary alicyclic amines) is 1. The topological polar surface area (TPSA) is 58.6 Å². The Bertz CT molecular complexity index is 295. The molecule has 0 atom stereocenters. The maximum Gasteiger partial charge on any atom is 0.409 e. The smallest absolute Gasteiger partial charge is 0.409 e. The third-order valence-corrected chi connectivity index (χ3v) is 3.97. The van der Waals surface area contributed by atoms with E-state index >= 15 is 0 Å². The third kappa shape index (κ3) is 4.73. The molecule has 1 saturated heterocycles. The van der Waals surface area contributed by atoms with E-state index in [1.165, 1.54) is 7.11 Å². The van der Waals surface area contributed by atoms with Crippen molar-refractivity contribution >= 4 is 12.0 Å². The lowest BCUT2D eigenvalue weighted by molar-refractivity contribution is -0.125. The van der Waals surface area contributed by atoms with Crippen LogP contribution < -0.4 is 5.32 Å². The summed E-state index contributed by atoms with van der Waals surface area (Å²) >= 11 is 0. The van der Waals surface area contributed by atoms with Gasteiger partial charge in [0.25, 0.3) is 0 Å². The zero-order valence-corrected chi connectivity index (χ0v) is 12.3. The number of hydrogen-bond acceptors (Lipinski definition) is 3. The molecule has 0 aromatic carbocycles. The van der Waals surface area contributed by atoms with Crippen LogP contribution >= 0.6 is 0 Å². The summed E-state index contributed by atoms with van der Waals surface area (Å²) in [6.07, 6.45) is 3.39. The van der Waals surface area contributed by atoms with Gasteiger partial charge in [-0.15, -0.1) is 0 Å². The van der Waals surface area contributed by atoms with Crippen LogP contribution in [0.1, 0.15) is 39.5 Å². The number of nitrogens with one attached hydrogen (secondary N) is 1. The minimum atomic E-state index is -0.250. The van der Waals surface area contributed by atoms with Crippen molar-refractivity contribution < 1.29 is 14.3 Å². The minimum Gasteiger partial charge on any atom is -0.453 e. The fourth-order valence-corrected chi connectivity index (χ4v) is 2.50. The Kier molecular flexibility index (Phi) is 6.67. The van der Waals surface area contributed by atoms with Crippen molar-refractivity contribution in [1.82, 2.24) is 10.2 Å². The van der Waals surface area contributed by atoms with E-state index in [-0.39, 0.29) is 17.9 Å². The zero-order valence-electron chi connectivity index (χ0n) is 12.3. The number of rotatable bonds is 5. The number of ether oxygens (including phenoxy) is 1. The van der Waals surface area contributed by atoms with Gasteiger partial charge >= 0.3 is 6.09 Å². The molecule has 1 fully saturated rings. The Morgan fingerprint density at radius 3 is 2.32 bits per heavy atom. The fourth-order valence-electron chi connectivity index (χ4n) is 2.50. The molecule has 0 aromatic heterocycles. The standard InChI is InChI=1S/C14H26N2O3/c1-4-12(5-2)13(17)15-10-11-6-8-16(9-7-11)14(18)19-3/h11-12H,4-10H2,1-3H3,(H,15,17). The third-order valence-electron chi connectivity index (χ3n) is 3.97. The molecule has 0 bridgehead atoms. The van der Waals surface area contributed by atoms with Gasteiger partial charge in [-0.05, 0) is 31.6 Å². The van der Waals surface area contributed by atoms with E-state index in [4.69, 9.17) is 4.74 Å². The maximum atomic E-state index is 11.9. The lowest BCUT2D eigenvalue weighted by atomic mass is 9.96. The van der Waals surface area contributed by atoms with Crippen LogP contribution in [-0.4, -0.2) is 43.6 Å². The highest BCUT2D eigenvalue weighted by molar-refractivity contribution is 5.78. The van der Waals surface area contributed by atoms with E-state index in [1.807, 2.05) is 13.8 Å². The van der Waals surface area contributed by atoms with Crippen molar-refractivity contribution in [2.24, 2.45) is 11.8 Å². The first-order valence-corrected chi connectivity index (χ1v) is 7.22. The van der Waals surface area contributed by atoms with Gasteiger partial charge in [0.2, 0.25) is 5.91 Å². The van der Waals surface area contributed by atoms with Gasteiger partial charge in [0.05, 0.1) is 7.11 Å². The lowest BCUT2D eigenvalue weighted by Crippen LogP contribution is -2.42. The summed E-state index contributed by atoms with van der Waals surface area (Å²) in [4.78, 5) is 24.9. The summed E-state index contributed by atoms with van der Waals surface area (Å²) in [6, 6.07) is 0. The zero-order chi connectivity index (χ0) is 14.3. The van der Waals surface area contributed by atoms with E-state index in [2.05, 4.69) is 5.32 Å². The first-order valence-electron chi connectivity index (χ1n) is 7.22. The number of amides is 2. The van der Waals surface area contributed by atoms with Gasteiger partial charge in [0.15, 0.2) is 0 Å². The molecule has 2 amide bonds. The van der Waals surface area contributed by atoms with Gasteiger partial charge in [0, 0.05) is 25.6 Å². The second-order valence-corrected chi connectivity index (χ2v) is 5.16. The molecule has 1 N–H and O–H groups in total. The van der Waals surface area contributed by atoms with Crippen molar-refractivity contribution in [2.75, 3.05) is 26.7 Å². The van der Waals surface area contributed by atoms with Crippen LogP contribution in [0.3, 0.4) is 0 Å². The molecular weight excluding hydrogens is 244 g/mol. The molecule has 19 heavy (non-hydrogen) atoms. The molecule has 0 saturated carbocycles. The Hall–Kier alpha value is -1.26. The predicted octanol–water partition coefficient (Wildman–Crippen LogP) is 2.02. The second-order valence-electron chi connectivity index (χ2n) is 5.16. The van der Waals surface area contributed by atoms with Crippen LogP contribution in [0.15, 0.2) is 0 Å². The van der Waals surface area contributed by atoms with Crippen molar-refractivity contribution in [3.05, 3.63) is 0 Å². The van der Waals surface area contributed by atoms with E-state index in [0.717, 1.165) is 45.3 Å². The molecule has 5 nitrogen and oxygen atoms in total. The summed E-state index contributed by atoms with van der Waals surface area (Å²) in [6.45, 7) is 6.26. The average molecular weight is 270 g/mol. The van der Waals surface area contributed by atoms with Crippen LogP contribution in [0.5, 0.6) is 0 Å². The van der Waals surface area contributed by atoms with E-state index in [9.17, 15) is 9.59 Å². The Balaban J connectivity index is 2.26. The predicted molar refractivity (Wildman–Crippen MR) is 73.8 cm³/mol. The van der Waals surface area contributed by atoms with Gasteiger partial charge in [0.1, 0.15) is 0 Å². The van der Waals surface area contributed by atoms with Crippen molar-refractivity contribution in [3.8, 4) is 0 Å². The SMILES string of the molecule is CCC(CC)C(=O)NCC1CCN(C(=O)OC)CC1. The molecule has 1 aliphatic heterocycles. The molecule has 0 aliphatic carbocycles. The molecular formula is C14H26N2O3. The normalized spacial score (nSPS) is 16.5. The van der Waals surface area contributed by atoms with Crippen LogP contribution in [-0.2, 0) is 9.53 Å². The minimum absolute atomic E-state index is 0.134. The highest BCUT2D eigenvalue weighted by Gasteiger charge is 2.24. The summed E-state index contributed by atoms with van der Waals surface area (Å²) in [5.41, 5.74) is 0. The summed E-state index contributed by atoms with van der Waals surface area (Å²) < 4.78 is 4.70. The number of carbonyl (C=O) groups excluding carboxylic acids is 2. The van der Waals surface area contributed by atoms with Crippen LogP contribution in [0.2, 0.25) is 0 Å². The van der Waals surface area contributed by atoms with Crippen molar-refractivity contribution in [2.45, 2.75) is 39.5 Å². The second kappa shape index (κ2) is 8.02. The molecule has 0 aromatic rings. The number of carbonyl (C=O) groups is 2. The number of piperidine rings is 1. The summed E-state index contributed by atoms with van der Waals surface area (Å²) in [7, 11) is 1.41. The molecule has 1 aliphatic rings. The average Bonchev–Trinajstić information content (AvgIpc) is 2.46. The largest absolute Gasteiger partial charge is 0.453 e. The number of hydrogen-bond donors (Lipinski definition) is 1. The molecule has 5 heteroatoms. The van der Waals surface area contributed by atoms with Crippen molar-refractivity contribution in [3.63, 3.8) is 0 Å². The quantitative estimate of drug-likeness (QED) is 0.831. The highest BCUT2D eigenvalue weighted by Crippen LogP contribution is 2.17. The summed E-state index contributed by atoms with van der Waals surface area (Å²) in [5, 5.41) is 3.04. The maximum absolute atomic E-state index is 11.9. The first-order chi connectivity index (χ1) is 9.12. The monoisotopic (exact) mass is 270 g/mol.